The van der Waals surface area contributed by atoms with Gasteiger partial charge in [0.15, 0.2) is 11.5 Å². The Morgan fingerprint density at radius 1 is 1.00 bits per heavy atom. The molecule has 0 radical (unpaired) electrons. The summed E-state index contributed by atoms with van der Waals surface area (Å²) in [7, 11) is 0. The molecule has 7 rings (SSSR count). The molecule has 0 aromatic heterocycles. The second-order valence-electron chi connectivity index (χ2n) is 15.7. The van der Waals surface area contributed by atoms with Crippen LogP contribution in [0.15, 0.2) is 23.8 Å². The van der Waals surface area contributed by atoms with Crippen LogP contribution in [0.2, 0.25) is 0 Å². The molecule has 0 unspecified atom stereocenters. The monoisotopic (exact) mass is 622 g/mol. The van der Waals surface area contributed by atoms with E-state index in [2.05, 4.69) is 13.8 Å². The van der Waals surface area contributed by atoms with Crippen molar-refractivity contribution in [3.8, 4) is 0 Å². The van der Waals surface area contributed by atoms with Crippen LogP contribution in [0.1, 0.15) is 74.1 Å². The third-order valence-electron chi connectivity index (χ3n) is 13.9. The maximum absolute atomic E-state index is 17.6. The van der Waals surface area contributed by atoms with Crippen molar-refractivity contribution < 1.29 is 46.9 Å². The second-order valence-corrected chi connectivity index (χ2v) is 15.7. The molecule has 7 nitrogen and oxygen atoms in total. The molecule has 44 heavy (non-hydrogen) atoms. The quantitative estimate of drug-likeness (QED) is 0.371. The first kappa shape index (κ1) is 31.6. The maximum atomic E-state index is 17.6. The summed E-state index contributed by atoms with van der Waals surface area (Å²) in [5.74, 6) is -3.44. The van der Waals surface area contributed by atoms with Crippen LogP contribution < -0.4 is 0 Å². The average Bonchev–Trinajstić information content (AvgIpc) is 3.15. The van der Waals surface area contributed by atoms with Gasteiger partial charge in [-0.15, -0.1) is 0 Å². The highest BCUT2D eigenvalue weighted by Gasteiger charge is 2.79. The van der Waals surface area contributed by atoms with Gasteiger partial charge in [0.1, 0.15) is 12.3 Å². The molecule has 7 aliphatic carbocycles. The third kappa shape index (κ3) is 3.69. The molecule has 0 heterocycles. The van der Waals surface area contributed by atoms with Crippen LogP contribution in [0, 0.1) is 57.7 Å². The molecule has 10 heteroatoms. The van der Waals surface area contributed by atoms with Crippen LogP contribution >= 0.6 is 0 Å². The molecule has 0 aromatic rings. The lowest BCUT2D eigenvalue weighted by atomic mass is 9.42. The molecule has 0 amide bonds. The van der Waals surface area contributed by atoms with Gasteiger partial charge < -0.3 is 19.3 Å². The van der Waals surface area contributed by atoms with Crippen molar-refractivity contribution in [3.05, 3.63) is 23.8 Å². The van der Waals surface area contributed by atoms with Gasteiger partial charge in [-0.25, -0.2) is 22.8 Å². The van der Waals surface area contributed by atoms with Gasteiger partial charge in [-0.1, -0.05) is 47.6 Å². The Hall–Kier alpha value is -2.36. The summed E-state index contributed by atoms with van der Waals surface area (Å²) in [5.41, 5.74) is -7.46. The van der Waals surface area contributed by atoms with Crippen molar-refractivity contribution in [2.24, 2.45) is 57.7 Å². The molecule has 1 N–H and O–H groups in total. The fraction of sp³-hybridized carbons (Fsp3) is 0.794. The molecule has 6 saturated carbocycles. The lowest BCUT2D eigenvalue weighted by Crippen LogP contribution is -2.71. The van der Waals surface area contributed by atoms with Crippen molar-refractivity contribution in [1.82, 2.24) is 0 Å². The van der Waals surface area contributed by atoms with Gasteiger partial charge in [0.25, 0.3) is 0 Å². The van der Waals surface area contributed by atoms with Gasteiger partial charge in [0.05, 0.1) is 6.10 Å². The number of carbonyl (C=O) groups excluding carboxylic acids is 3. The average molecular weight is 623 g/mol. The largest absolute Gasteiger partial charge is 0.509 e. The molecular formula is C34H45F3O7. The highest BCUT2D eigenvalue weighted by molar-refractivity contribution is 6.01. The number of hydrogen-bond donors (Lipinski definition) is 1. The summed E-state index contributed by atoms with van der Waals surface area (Å²) in [4.78, 5) is 39.6. The Kier molecular flexibility index (Phi) is 7.06. The summed E-state index contributed by atoms with van der Waals surface area (Å²) in [5, 5.41) is 11.7. The van der Waals surface area contributed by atoms with E-state index in [9.17, 15) is 23.9 Å². The Morgan fingerprint density at radius 3 is 2.23 bits per heavy atom. The SMILES string of the molecule is C[C@@H]1[C@@H](OC(=O)O[C@]2(C(=O)OCF)[C@H](C)C[C@H]3[C@@H]4C[C@H](F)C5=CC(=O)C=C[C@]5(C)[C@@]4(F)[C@@H](O)C[C@@]32C)[C@H](C)[C@H]2C[C@@H]1C2(C)C. The predicted octanol–water partition coefficient (Wildman–Crippen LogP) is 6.23. The summed E-state index contributed by atoms with van der Waals surface area (Å²) in [6.07, 6.45) is -0.818. The molecule has 0 aromatic carbocycles. The number of allylic oxidation sites excluding steroid dienone is 4. The lowest BCUT2D eigenvalue weighted by Gasteiger charge is -2.64. The second kappa shape index (κ2) is 9.82. The number of aliphatic hydroxyl groups excluding tert-OH is 1. The minimum atomic E-state index is -2.39. The summed E-state index contributed by atoms with van der Waals surface area (Å²) >= 11 is 0. The standard InChI is InChI=1S/C34H45F3O7/c1-16-10-22-23-13-25(36)24-11-19(38)8-9-31(24,6)33(23,37)26(39)14-32(22,7)34(16,28(40)42-15-35)44-29(41)43-27-17(2)20-12-21(18(27)3)30(20,4)5/h8-9,11,16-18,20-23,25-27,39H,10,12-15H2,1-7H3/t16-,17-,18+,20-,21+,22+,23+,25+,26+,27+,31+,32+,33+,34+/m1/s1. The molecule has 7 aliphatic rings. The fourth-order valence-corrected chi connectivity index (χ4v) is 11.6. The van der Waals surface area contributed by atoms with Crippen LogP contribution in [0.4, 0.5) is 18.0 Å². The number of ketones is 1. The number of ether oxygens (including phenoxy) is 3. The third-order valence-corrected chi connectivity index (χ3v) is 13.9. The summed E-state index contributed by atoms with van der Waals surface area (Å²) in [6.45, 7) is 11.8. The summed E-state index contributed by atoms with van der Waals surface area (Å²) in [6, 6.07) is 0. The van der Waals surface area contributed by atoms with E-state index < -0.39 is 83.0 Å². The molecule has 0 spiro atoms. The van der Waals surface area contributed by atoms with Crippen molar-refractivity contribution in [2.75, 3.05) is 6.86 Å². The van der Waals surface area contributed by atoms with E-state index >= 15 is 8.78 Å². The van der Waals surface area contributed by atoms with Crippen LogP contribution in [-0.2, 0) is 23.8 Å². The van der Waals surface area contributed by atoms with E-state index in [4.69, 9.17) is 14.2 Å². The van der Waals surface area contributed by atoms with Gasteiger partial charge in [-0.3, -0.25) is 4.79 Å². The number of halogens is 3. The molecule has 14 atom stereocenters. The minimum Gasteiger partial charge on any atom is -0.431 e. The topological polar surface area (TPSA) is 99.1 Å². The van der Waals surface area contributed by atoms with E-state index in [1.165, 1.54) is 19.1 Å². The molecule has 244 valence electrons. The molecule has 6 fully saturated rings. The number of aliphatic hydroxyl groups is 1. The Bertz CT molecular complexity index is 1310. The molecular weight excluding hydrogens is 577 g/mol. The lowest BCUT2D eigenvalue weighted by molar-refractivity contribution is -0.240. The molecule has 0 aliphatic heterocycles. The van der Waals surface area contributed by atoms with Crippen LogP contribution in [0.3, 0.4) is 0 Å². The minimum absolute atomic E-state index is 0.0164. The highest BCUT2D eigenvalue weighted by Crippen LogP contribution is 2.72. The normalized spacial score (nSPS) is 51.6. The zero-order chi connectivity index (χ0) is 32.4. The van der Waals surface area contributed by atoms with Crippen molar-refractivity contribution in [3.63, 3.8) is 0 Å². The van der Waals surface area contributed by atoms with Gasteiger partial charge in [0, 0.05) is 22.7 Å². The number of carbonyl (C=O) groups is 3. The summed E-state index contributed by atoms with van der Waals surface area (Å²) < 4.78 is 63.9. The van der Waals surface area contributed by atoms with Gasteiger partial charge >= 0.3 is 12.1 Å². The number of fused-ring (bicyclic) bond motifs is 7. The first-order chi connectivity index (χ1) is 20.4. The smallest absolute Gasteiger partial charge is 0.431 e. The predicted molar refractivity (Wildman–Crippen MR) is 153 cm³/mol. The van der Waals surface area contributed by atoms with E-state index in [-0.39, 0.29) is 42.1 Å². The van der Waals surface area contributed by atoms with Crippen LogP contribution in [-0.4, -0.2) is 59.5 Å². The molecule has 0 saturated heterocycles. The number of alkyl halides is 3. The van der Waals surface area contributed by atoms with Crippen molar-refractivity contribution >= 4 is 17.9 Å². The Balaban J connectivity index is 1.36. The first-order valence-electron chi connectivity index (χ1n) is 16.0. The van der Waals surface area contributed by atoms with Gasteiger partial charge in [-0.2, -0.15) is 0 Å². The van der Waals surface area contributed by atoms with Gasteiger partial charge in [0.2, 0.25) is 12.5 Å². The zero-order valence-corrected chi connectivity index (χ0v) is 26.6. The number of hydrogen-bond acceptors (Lipinski definition) is 7. The Morgan fingerprint density at radius 2 is 1.64 bits per heavy atom. The van der Waals surface area contributed by atoms with Crippen LogP contribution in [0.5, 0.6) is 0 Å². The maximum Gasteiger partial charge on any atom is 0.509 e. The van der Waals surface area contributed by atoms with E-state index in [0.29, 0.717) is 11.8 Å². The van der Waals surface area contributed by atoms with Gasteiger partial charge in [-0.05, 0) is 85.3 Å². The Labute approximate surface area is 256 Å². The highest BCUT2D eigenvalue weighted by atomic mass is 19.1. The first-order valence-corrected chi connectivity index (χ1v) is 16.0. The number of rotatable bonds is 4. The van der Waals surface area contributed by atoms with Crippen molar-refractivity contribution in [2.45, 2.75) is 104 Å². The zero-order valence-electron chi connectivity index (χ0n) is 26.6. The number of esters is 1. The van der Waals surface area contributed by atoms with Crippen molar-refractivity contribution in [1.29, 1.82) is 0 Å². The molecule has 2 bridgehead atoms. The van der Waals surface area contributed by atoms with E-state index in [1.807, 2.05) is 13.8 Å². The van der Waals surface area contributed by atoms with Crippen LogP contribution in [0.25, 0.3) is 0 Å². The van der Waals surface area contributed by atoms with E-state index in [0.717, 1.165) is 12.5 Å². The van der Waals surface area contributed by atoms with E-state index in [1.54, 1.807) is 13.8 Å². The fourth-order valence-electron chi connectivity index (χ4n) is 11.6.